The summed E-state index contributed by atoms with van der Waals surface area (Å²) in [6.45, 7) is 11.9. The third-order valence-corrected chi connectivity index (χ3v) is 9.85. The average molecular weight is 401 g/mol. The molecule has 0 aromatic carbocycles. The lowest BCUT2D eigenvalue weighted by Gasteiger charge is -2.59. The van der Waals surface area contributed by atoms with Crippen LogP contribution >= 0.6 is 0 Å². The van der Waals surface area contributed by atoms with Crippen LogP contribution in [0.15, 0.2) is 22.8 Å². The van der Waals surface area contributed by atoms with Gasteiger partial charge >= 0.3 is 5.97 Å². The van der Waals surface area contributed by atoms with E-state index in [4.69, 9.17) is 5.11 Å². The van der Waals surface area contributed by atoms with Gasteiger partial charge in [0.2, 0.25) is 0 Å². The Morgan fingerprint density at radius 2 is 1.90 bits per heavy atom. The summed E-state index contributed by atoms with van der Waals surface area (Å²) < 4.78 is 0. The Morgan fingerprint density at radius 1 is 1.17 bits per heavy atom. The summed E-state index contributed by atoms with van der Waals surface area (Å²) in [6, 6.07) is 0. The fraction of sp³-hybridized carbons (Fsp3) is 0.808. The number of carboxylic acid groups (broad SMARTS) is 1. The summed E-state index contributed by atoms with van der Waals surface area (Å²) in [5.74, 6) is 0.860. The van der Waals surface area contributed by atoms with Crippen molar-refractivity contribution < 1.29 is 15.0 Å². The molecule has 0 spiro atoms. The van der Waals surface area contributed by atoms with Crippen molar-refractivity contribution in [2.75, 3.05) is 0 Å². The second kappa shape index (κ2) is 6.97. The number of carbonyl (C=O) groups is 1. The van der Waals surface area contributed by atoms with Crippen LogP contribution in [0.25, 0.3) is 0 Å². The molecule has 0 saturated heterocycles. The van der Waals surface area contributed by atoms with Crippen molar-refractivity contribution >= 4 is 5.97 Å². The summed E-state index contributed by atoms with van der Waals surface area (Å²) in [7, 11) is 0. The summed E-state index contributed by atoms with van der Waals surface area (Å²) in [5, 5.41) is 20.3. The number of carboxylic acids is 1. The van der Waals surface area contributed by atoms with Crippen LogP contribution in [0.2, 0.25) is 0 Å². The van der Waals surface area contributed by atoms with Crippen LogP contribution in [-0.2, 0) is 4.79 Å². The van der Waals surface area contributed by atoms with Gasteiger partial charge in [-0.15, -0.1) is 0 Å². The Hall–Kier alpha value is -1.09. The lowest BCUT2D eigenvalue weighted by molar-refractivity contribution is -0.137. The van der Waals surface area contributed by atoms with Crippen molar-refractivity contribution in [1.29, 1.82) is 0 Å². The normalized spacial score (nSPS) is 41.9. The number of fused-ring (bicyclic) bond motifs is 4. The molecule has 4 rings (SSSR count). The SMILES string of the molecule is C[C@H](CCC(=O)O)[C@H]1CC=C2C3=C(CC[C@@]21C)[C@@]1(C)C(O)CCC(C)(C)[C@@H]1CC3. The highest BCUT2D eigenvalue weighted by molar-refractivity contribution is 5.66. The third kappa shape index (κ3) is 3.06. The van der Waals surface area contributed by atoms with E-state index in [1.54, 1.807) is 16.7 Å². The summed E-state index contributed by atoms with van der Waals surface area (Å²) in [5.41, 5.74) is 5.09. The molecular formula is C26H40O3. The first kappa shape index (κ1) is 21.2. The van der Waals surface area contributed by atoms with Gasteiger partial charge in [-0.05, 0) is 91.1 Å². The van der Waals surface area contributed by atoms with Crippen molar-refractivity contribution in [1.82, 2.24) is 0 Å². The maximum atomic E-state index is 11.2. The quantitative estimate of drug-likeness (QED) is 0.597. The third-order valence-electron chi connectivity index (χ3n) is 9.85. The first-order valence-corrected chi connectivity index (χ1v) is 11.8. The molecule has 1 unspecified atom stereocenters. The maximum absolute atomic E-state index is 11.2. The molecule has 0 radical (unpaired) electrons. The zero-order valence-corrected chi connectivity index (χ0v) is 19.1. The highest BCUT2D eigenvalue weighted by Crippen LogP contribution is 2.66. The minimum absolute atomic E-state index is 0.0789. The van der Waals surface area contributed by atoms with Gasteiger partial charge in [-0.2, -0.15) is 0 Å². The van der Waals surface area contributed by atoms with E-state index < -0.39 is 5.97 Å². The number of hydrogen-bond donors (Lipinski definition) is 2. The smallest absolute Gasteiger partial charge is 0.303 e. The number of aliphatic carboxylic acids is 1. The van der Waals surface area contributed by atoms with Gasteiger partial charge in [0.15, 0.2) is 0 Å². The molecular weight excluding hydrogens is 360 g/mol. The molecule has 6 atom stereocenters. The van der Waals surface area contributed by atoms with E-state index in [0.717, 1.165) is 44.9 Å². The Morgan fingerprint density at radius 3 is 2.59 bits per heavy atom. The Balaban J connectivity index is 1.67. The molecule has 1 fully saturated rings. The van der Waals surface area contributed by atoms with E-state index in [0.29, 0.717) is 23.2 Å². The van der Waals surface area contributed by atoms with E-state index >= 15 is 0 Å². The molecule has 1 saturated carbocycles. The highest BCUT2D eigenvalue weighted by atomic mass is 16.4. The fourth-order valence-corrected chi connectivity index (χ4v) is 8.13. The molecule has 2 N–H and O–H groups in total. The maximum Gasteiger partial charge on any atom is 0.303 e. The van der Waals surface area contributed by atoms with Gasteiger partial charge in [0.25, 0.3) is 0 Å². The van der Waals surface area contributed by atoms with Gasteiger partial charge in [0, 0.05) is 11.8 Å². The zero-order valence-electron chi connectivity index (χ0n) is 19.1. The van der Waals surface area contributed by atoms with Gasteiger partial charge in [-0.1, -0.05) is 46.3 Å². The van der Waals surface area contributed by atoms with E-state index in [1.807, 2.05) is 0 Å². The summed E-state index contributed by atoms with van der Waals surface area (Å²) in [4.78, 5) is 11.1. The van der Waals surface area contributed by atoms with E-state index in [-0.39, 0.29) is 23.4 Å². The van der Waals surface area contributed by atoms with Crippen LogP contribution < -0.4 is 0 Å². The molecule has 162 valence electrons. The van der Waals surface area contributed by atoms with Crippen LogP contribution in [-0.4, -0.2) is 22.3 Å². The monoisotopic (exact) mass is 400 g/mol. The highest BCUT2D eigenvalue weighted by Gasteiger charge is 2.58. The van der Waals surface area contributed by atoms with E-state index in [1.165, 1.54) is 6.42 Å². The Bertz CT molecular complexity index is 760. The van der Waals surface area contributed by atoms with Gasteiger partial charge in [-0.3, -0.25) is 4.79 Å². The standard InChI is InChI=1S/C26H40O3/c1-16(6-11-23(28)29)18-8-9-19-17-7-10-21-24(2,3)14-13-22(27)26(21,5)20(17)12-15-25(18,19)4/h9,16,18,21-22,27H,6-8,10-15H2,1-5H3,(H,28,29)/t16-,18-,21+,22?,25-,26-/m1/s1. The average Bonchev–Trinajstić information content (AvgIpc) is 3.00. The minimum atomic E-state index is -0.679. The van der Waals surface area contributed by atoms with Gasteiger partial charge < -0.3 is 10.2 Å². The molecule has 0 heterocycles. The van der Waals surface area contributed by atoms with Crippen LogP contribution in [0.3, 0.4) is 0 Å². The van der Waals surface area contributed by atoms with Crippen molar-refractivity contribution in [2.24, 2.45) is 34.0 Å². The number of aliphatic hydroxyl groups excluding tert-OH is 1. The van der Waals surface area contributed by atoms with Crippen molar-refractivity contribution in [3.8, 4) is 0 Å². The Labute approximate surface area is 176 Å². The van der Waals surface area contributed by atoms with Gasteiger partial charge in [0.05, 0.1) is 6.10 Å². The summed E-state index contributed by atoms with van der Waals surface area (Å²) >= 11 is 0. The molecule has 0 bridgehead atoms. The van der Waals surface area contributed by atoms with Crippen LogP contribution in [0.4, 0.5) is 0 Å². The number of hydrogen-bond acceptors (Lipinski definition) is 2. The second-order valence-electron chi connectivity index (χ2n) is 11.7. The predicted octanol–water partition coefficient (Wildman–Crippen LogP) is 6.13. The number of rotatable bonds is 4. The predicted molar refractivity (Wildman–Crippen MR) is 116 cm³/mol. The number of allylic oxidation sites excluding steroid dienone is 3. The topological polar surface area (TPSA) is 57.5 Å². The minimum Gasteiger partial charge on any atom is -0.481 e. The summed E-state index contributed by atoms with van der Waals surface area (Å²) in [6.07, 6.45) is 11.0. The number of aliphatic hydroxyl groups is 1. The van der Waals surface area contributed by atoms with Crippen molar-refractivity contribution in [2.45, 2.75) is 98.5 Å². The molecule has 0 aliphatic heterocycles. The first-order chi connectivity index (χ1) is 13.5. The molecule has 0 amide bonds. The van der Waals surface area contributed by atoms with Crippen LogP contribution in [0, 0.1) is 34.0 Å². The molecule has 29 heavy (non-hydrogen) atoms. The molecule has 4 aliphatic rings. The Kier molecular flexibility index (Phi) is 5.08. The van der Waals surface area contributed by atoms with E-state index in [2.05, 4.69) is 40.7 Å². The first-order valence-electron chi connectivity index (χ1n) is 11.8. The van der Waals surface area contributed by atoms with Crippen LogP contribution in [0.5, 0.6) is 0 Å². The molecule has 4 aliphatic carbocycles. The fourth-order valence-electron chi connectivity index (χ4n) is 8.13. The second-order valence-corrected chi connectivity index (χ2v) is 11.7. The molecule has 3 heteroatoms. The lowest BCUT2D eigenvalue weighted by Crippen LogP contribution is -2.54. The zero-order chi connectivity index (χ0) is 21.2. The van der Waals surface area contributed by atoms with Crippen molar-refractivity contribution in [3.05, 3.63) is 22.8 Å². The van der Waals surface area contributed by atoms with Crippen LogP contribution in [0.1, 0.15) is 92.4 Å². The molecule has 0 aromatic heterocycles. The van der Waals surface area contributed by atoms with E-state index in [9.17, 15) is 9.90 Å². The van der Waals surface area contributed by atoms with Crippen molar-refractivity contribution in [3.63, 3.8) is 0 Å². The molecule has 0 aromatic rings. The molecule has 3 nitrogen and oxygen atoms in total. The van der Waals surface area contributed by atoms with Gasteiger partial charge in [0.1, 0.15) is 0 Å². The largest absolute Gasteiger partial charge is 0.481 e. The lowest BCUT2D eigenvalue weighted by atomic mass is 9.46. The van der Waals surface area contributed by atoms with Gasteiger partial charge in [-0.25, -0.2) is 0 Å².